The van der Waals surface area contributed by atoms with E-state index in [9.17, 15) is 28.1 Å². The van der Waals surface area contributed by atoms with E-state index in [1.807, 2.05) is 0 Å². The van der Waals surface area contributed by atoms with Gasteiger partial charge in [-0.15, -0.1) is 13.2 Å². The number of nitro benzene ring substituents is 1. The van der Waals surface area contributed by atoms with Gasteiger partial charge in [0.05, 0.1) is 17.1 Å². The van der Waals surface area contributed by atoms with E-state index < -0.39 is 23.0 Å². The second-order valence-electron chi connectivity index (χ2n) is 4.82. The summed E-state index contributed by atoms with van der Waals surface area (Å²) in [6, 6.07) is 8.41. The number of hydrogen-bond donors (Lipinski definition) is 0. The third-order valence-corrected chi connectivity index (χ3v) is 3.04. The molecule has 0 saturated carbocycles. The first kappa shape index (κ1) is 18.2. The lowest BCUT2D eigenvalue weighted by Gasteiger charge is -2.11. The highest BCUT2D eigenvalue weighted by atomic mass is 19.4. The SMILES string of the molecule is CCOC(=O)c1cc(-c2cccc(OC(F)(F)F)c2)cc([N+](=O)[O-])c1. The number of esters is 1. The predicted molar refractivity (Wildman–Crippen MR) is 81.2 cm³/mol. The van der Waals surface area contributed by atoms with Crippen LogP contribution >= 0.6 is 0 Å². The van der Waals surface area contributed by atoms with Gasteiger partial charge in [0.15, 0.2) is 0 Å². The maximum atomic E-state index is 12.3. The lowest BCUT2D eigenvalue weighted by Crippen LogP contribution is -2.17. The summed E-state index contributed by atoms with van der Waals surface area (Å²) in [5.74, 6) is -1.25. The number of ether oxygens (including phenoxy) is 2. The summed E-state index contributed by atoms with van der Waals surface area (Å²) in [6.07, 6.45) is -4.86. The number of nitrogens with zero attached hydrogens (tertiary/aromatic N) is 1. The summed E-state index contributed by atoms with van der Waals surface area (Å²) in [6.45, 7) is 1.65. The molecule has 0 unspecified atom stereocenters. The fourth-order valence-electron chi connectivity index (χ4n) is 2.09. The zero-order valence-corrected chi connectivity index (χ0v) is 12.9. The smallest absolute Gasteiger partial charge is 0.462 e. The van der Waals surface area contributed by atoms with Gasteiger partial charge in [0.1, 0.15) is 5.75 Å². The molecule has 0 atom stereocenters. The molecule has 0 aliphatic heterocycles. The molecule has 6 nitrogen and oxygen atoms in total. The summed E-state index contributed by atoms with van der Waals surface area (Å²) in [5, 5.41) is 11.1. The first-order valence-electron chi connectivity index (χ1n) is 7.02. The Balaban J connectivity index is 2.49. The van der Waals surface area contributed by atoms with Crippen molar-refractivity contribution in [1.82, 2.24) is 0 Å². The Labute approximate surface area is 139 Å². The number of alkyl halides is 3. The van der Waals surface area contributed by atoms with Gasteiger partial charge in [-0.25, -0.2) is 4.79 Å². The van der Waals surface area contributed by atoms with Gasteiger partial charge in [-0.1, -0.05) is 12.1 Å². The Morgan fingerprint density at radius 1 is 1.16 bits per heavy atom. The van der Waals surface area contributed by atoms with Crippen molar-refractivity contribution in [3.8, 4) is 16.9 Å². The molecule has 2 rings (SSSR count). The number of hydrogen-bond acceptors (Lipinski definition) is 5. The number of nitro groups is 1. The summed E-state index contributed by atoms with van der Waals surface area (Å²) >= 11 is 0. The van der Waals surface area contributed by atoms with E-state index in [1.54, 1.807) is 6.92 Å². The highest BCUT2D eigenvalue weighted by Gasteiger charge is 2.31. The van der Waals surface area contributed by atoms with Crippen molar-refractivity contribution in [3.05, 3.63) is 58.1 Å². The van der Waals surface area contributed by atoms with Crippen LogP contribution in [0.15, 0.2) is 42.5 Å². The molecule has 0 bridgehead atoms. The predicted octanol–water partition coefficient (Wildman–Crippen LogP) is 4.34. The number of rotatable bonds is 5. The average Bonchev–Trinajstić information content (AvgIpc) is 2.53. The fourth-order valence-corrected chi connectivity index (χ4v) is 2.09. The van der Waals surface area contributed by atoms with Crippen molar-refractivity contribution in [2.24, 2.45) is 0 Å². The minimum absolute atomic E-state index is 0.0752. The van der Waals surface area contributed by atoms with E-state index in [0.717, 1.165) is 24.3 Å². The molecule has 2 aromatic carbocycles. The van der Waals surface area contributed by atoms with Crippen LogP contribution in [0.1, 0.15) is 17.3 Å². The van der Waals surface area contributed by atoms with Crippen LogP contribution in [-0.4, -0.2) is 23.9 Å². The molecule has 0 spiro atoms. The van der Waals surface area contributed by atoms with Gasteiger partial charge in [0, 0.05) is 12.1 Å². The van der Waals surface area contributed by atoms with E-state index in [4.69, 9.17) is 4.74 Å². The van der Waals surface area contributed by atoms with Crippen LogP contribution in [0.3, 0.4) is 0 Å². The second-order valence-corrected chi connectivity index (χ2v) is 4.82. The molecular formula is C16H12F3NO5. The topological polar surface area (TPSA) is 78.7 Å². The van der Waals surface area contributed by atoms with Crippen LogP contribution < -0.4 is 4.74 Å². The minimum atomic E-state index is -4.86. The standard InChI is InChI=1S/C16H12F3NO5/c1-2-24-15(21)12-6-11(7-13(8-12)20(22)23)10-4-3-5-14(9-10)25-16(17,18)19/h3-9H,2H2,1H3. The third kappa shape index (κ3) is 4.93. The van der Waals surface area contributed by atoms with Crippen molar-refractivity contribution in [3.63, 3.8) is 0 Å². The first-order chi connectivity index (χ1) is 11.7. The van der Waals surface area contributed by atoms with Crippen LogP contribution in [0.2, 0.25) is 0 Å². The zero-order valence-electron chi connectivity index (χ0n) is 12.9. The Bertz CT molecular complexity index is 805. The summed E-state index contributed by atoms with van der Waals surface area (Å²) in [4.78, 5) is 22.2. The lowest BCUT2D eigenvalue weighted by molar-refractivity contribution is -0.384. The van der Waals surface area contributed by atoms with Crippen LogP contribution in [0.5, 0.6) is 5.75 Å². The van der Waals surface area contributed by atoms with Crippen LogP contribution in [0.25, 0.3) is 11.1 Å². The molecule has 0 saturated heterocycles. The van der Waals surface area contributed by atoms with Crippen molar-refractivity contribution in [1.29, 1.82) is 0 Å². The molecule has 25 heavy (non-hydrogen) atoms. The number of benzene rings is 2. The molecule has 2 aromatic rings. The Morgan fingerprint density at radius 3 is 2.48 bits per heavy atom. The monoisotopic (exact) mass is 355 g/mol. The number of carbonyl (C=O) groups excluding carboxylic acids is 1. The van der Waals surface area contributed by atoms with Crippen LogP contribution in [-0.2, 0) is 4.74 Å². The molecule has 0 heterocycles. The minimum Gasteiger partial charge on any atom is -0.462 e. The third-order valence-electron chi connectivity index (χ3n) is 3.04. The molecule has 9 heteroatoms. The maximum absolute atomic E-state index is 12.3. The quantitative estimate of drug-likeness (QED) is 0.453. The van der Waals surface area contributed by atoms with E-state index in [2.05, 4.69) is 4.74 Å². The Kier molecular flexibility index (Phi) is 5.26. The molecule has 0 fully saturated rings. The van der Waals surface area contributed by atoms with Gasteiger partial charge in [0.2, 0.25) is 0 Å². The van der Waals surface area contributed by atoms with E-state index in [1.165, 1.54) is 18.2 Å². The van der Waals surface area contributed by atoms with Crippen LogP contribution in [0, 0.1) is 10.1 Å². The molecule has 132 valence electrons. The van der Waals surface area contributed by atoms with Crippen molar-refractivity contribution < 1.29 is 32.4 Å². The first-order valence-corrected chi connectivity index (χ1v) is 7.02. The zero-order chi connectivity index (χ0) is 18.6. The molecule has 0 N–H and O–H groups in total. The van der Waals surface area contributed by atoms with Crippen molar-refractivity contribution in [2.75, 3.05) is 6.61 Å². The Hall–Kier alpha value is -3.10. The van der Waals surface area contributed by atoms with Crippen molar-refractivity contribution in [2.45, 2.75) is 13.3 Å². The largest absolute Gasteiger partial charge is 0.573 e. The highest BCUT2D eigenvalue weighted by Crippen LogP contribution is 2.31. The lowest BCUT2D eigenvalue weighted by atomic mass is 10.0. The number of non-ortho nitro benzene ring substituents is 1. The highest BCUT2D eigenvalue weighted by molar-refractivity contribution is 5.92. The maximum Gasteiger partial charge on any atom is 0.573 e. The van der Waals surface area contributed by atoms with Crippen LogP contribution in [0.4, 0.5) is 18.9 Å². The number of halogens is 3. The summed E-state index contributed by atoms with van der Waals surface area (Å²) in [7, 11) is 0. The molecule has 0 aromatic heterocycles. The van der Waals surface area contributed by atoms with Gasteiger partial charge in [-0.3, -0.25) is 10.1 Å². The van der Waals surface area contributed by atoms with E-state index in [0.29, 0.717) is 0 Å². The second kappa shape index (κ2) is 7.20. The molecule has 0 aliphatic carbocycles. The molecular weight excluding hydrogens is 343 g/mol. The average molecular weight is 355 g/mol. The van der Waals surface area contributed by atoms with Gasteiger partial charge in [-0.2, -0.15) is 0 Å². The number of carbonyl (C=O) groups is 1. The van der Waals surface area contributed by atoms with Gasteiger partial charge in [0.25, 0.3) is 5.69 Å². The summed E-state index contributed by atoms with van der Waals surface area (Å²) < 4.78 is 45.6. The van der Waals surface area contributed by atoms with E-state index in [-0.39, 0.29) is 29.0 Å². The molecule has 0 radical (unpaired) electrons. The Morgan fingerprint density at radius 2 is 1.88 bits per heavy atom. The fraction of sp³-hybridized carbons (Fsp3) is 0.188. The van der Waals surface area contributed by atoms with E-state index >= 15 is 0 Å². The molecule has 0 amide bonds. The normalized spacial score (nSPS) is 11.0. The molecule has 0 aliphatic rings. The van der Waals surface area contributed by atoms with Gasteiger partial charge >= 0.3 is 12.3 Å². The van der Waals surface area contributed by atoms with Gasteiger partial charge in [-0.05, 0) is 36.2 Å². The van der Waals surface area contributed by atoms with Crippen molar-refractivity contribution >= 4 is 11.7 Å². The summed E-state index contributed by atoms with van der Waals surface area (Å²) in [5.41, 5.74) is -0.0586. The van der Waals surface area contributed by atoms with Gasteiger partial charge < -0.3 is 9.47 Å².